The van der Waals surface area contributed by atoms with E-state index in [-0.39, 0.29) is 0 Å². The van der Waals surface area contributed by atoms with Gasteiger partial charge in [0.25, 0.3) is 0 Å². The molecule has 0 saturated heterocycles. The van der Waals surface area contributed by atoms with Gasteiger partial charge in [-0.3, -0.25) is 0 Å². The van der Waals surface area contributed by atoms with Crippen molar-refractivity contribution in [2.75, 3.05) is 10.6 Å². The number of nitrogen functional groups attached to an aromatic ring is 1. The maximum absolute atomic E-state index is 5.92. The third-order valence-electron chi connectivity index (χ3n) is 3.10. The van der Waals surface area contributed by atoms with E-state index in [1.807, 2.05) is 36.4 Å². The van der Waals surface area contributed by atoms with Gasteiger partial charge in [-0.2, -0.15) is 0 Å². The Morgan fingerprint density at radius 1 is 1.00 bits per heavy atom. The van der Waals surface area contributed by atoms with Crippen LogP contribution in [0.1, 0.15) is 13.8 Å². The SMILES string of the molecule is CC(C)N1c2ccccc2Oc2ccc(N)cc21. The van der Waals surface area contributed by atoms with E-state index in [9.17, 15) is 0 Å². The molecule has 92 valence electrons. The fraction of sp³-hybridized carbons (Fsp3) is 0.200. The van der Waals surface area contributed by atoms with E-state index in [0.29, 0.717) is 6.04 Å². The minimum atomic E-state index is 0.343. The summed E-state index contributed by atoms with van der Waals surface area (Å²) in [5, 5.41) is 0. The summed E-state index contributed by atoms with van der Waals surface area (Å²) in [6.45, 7) is 4.32. The number of fused-ring (bicyclic) bond motifs is 2. The molecule has 0 saturated carbocycles. The lowest BCUT2D eigenvalue weighted by Crippen LogP contribution is -2.28. The quantitative estimate of drug-likeness (QED) is 0.768. The van der Waals surface area contributed by atoms with E-state index in [4.69, 9.17) is 10.5 Å². The highest BCUT2D eigenvalue weighted by Crippen LogP contribution is 2.47. The van der Waals surface area contributed by atoms with E-state index in [1.165, 1.54) is 0 Å². The first-order valence-electron chi connectivity index (χ1n) is 6.12. The second-order valence-corrected chi connectivity index (χ2v) is 4.76. The Morgan fingerprint density at radius 3 is 2.50 bits per heavy atom. The van der Waals surface area contributed by atoms with Crippen LogP contribution in [-0.2, 0) is 0 Å². The smallest absolute Gasteiger partial charge is 0.151 e. The Bertz CT molecular complexity index is 593. The van der Waals surface area contributed by atoms with Crippen molar-refractivity contribution in [3.05, 3.63) is 42.5 Å². The zero-order valence-electron chi connectivity index (χ0n) is 10.6. The molecule has 0 fully saturated rings. The molecule has 1 aliphatic heterocycles. The third kappa shape index (κ3) is 1.59. The summed E-state index contributed by atoms with van der Waals surface area (Å²) >= 11 is 0. The van der Waals surface area contributed by atoms with Gasteiger partial charge in [0, 0.05) is 11.7 Å². The molecule has 0 spiro atoms. The number of benzene rings is 2. The van der Waals surface area contributed by atoms with Crippen LogP contribution in [0, 0.1) is 0 Å². The van der Waals surface area contributed by atoms with Gasteiger partial charge in [0.1, 0.15) is 0 Å². The maximum Gasteiger partial charge on any atom is 0.151 e. The molecule has 0 amide bonds. The summed E-state index contributed by atoms with van der Waals surface area (Å²) in [7, 11) is 0. The molecule has 0 aliphatic carbocycles. The highest BCUT2D eigenvalue weighted by atomic mass is 16.5. The van der Waals surface area contributed by atoms with E-state index < -0.39 is 0 Å². The highest BCUT2D eigenvalue weighted by Gasteiger charge is 2.25. The predicted octanol–water partition coefficient (Wildman–Crippen LogP) is 3.92. The fourth-order valence-corrected chi connectivity index (χ4v) is 2.36. The molecule has 2 aromatic rings. The number of anilines is 3. The number of nitrogens with zero attached hydrogens (tertiary/aromatic N) is 1. The minimum absolute atomic E-state index is 0.343. The predicted molar refractivity (Wildman–Crippen MR) is 74.6 cm³/mol. The Morgan fingerprint density at radius 2 is 1.72 bits per heavy atom. The average molecular weight is 240 g/mol. The number of hydrogen-bond donors (Lipinski definition) is 1. The molecule has 18 heavy (non-hydrogen) atoms. The summed E-state index contributed by atoms with van der Waals surface area (Å²) in [6.07, 6.45) is 0. The molecule has 0 unspecified atom stereocenters. The maximum atomic E-state index is 5.92. The lowest BCUT2D eigenvalue weighted by molar-refractivity contribution is 0.469. The normalized spacial score (nSPS) is 12.9. The van der Waals surface area contributed by atoms with Gasteiger partial charge >= 0.3 is 0 Å². The average Bonchev–Trinajstić information content (AvgIpc) is 2.35. The van der Waals surface area contributed by atoms with E-state index >= 15 is 0 Å². The fourth-order valence-electron chi connectivity index (χ4n) is 2.36. The summed E-state index contributed by atoms with van der Waals surface area (Å²) < 4.78 is 5.92. The van der Waals surface area contributed by atoms with Crippen molar-refractivity contribution in [2.45, 2.75) is 19.9 Å². The van der Waals surface area contributed by atoms with Gasteiger partial charge in [0.05, 0.1) is 11.4 Å². The van der Waals surface area contributed by atoms with Crippen LogP contribution in [0.4, 0.5) is 17.1 Å². The molecular formula is C15H16N2O. The van der Waals surface area contributed by atoms with Gasteiger partial charge in [-0.15, -0.1) is 0 Å². The van der Waals surface area contributed by atoms with Crippen LogP contribution in [0.15, 0.2) is 42.5 Å². The standard InChI is InChI=1S/C15H16N2O/c1-10(2)17-12-5-3-4-6-14(12)18-15-8-7-11(16)9-13(15)17/h3-10H,16H2,1-2H3. The lowest BCUT2D eigenvalue weighted by atomic mass is 10.1. The van der Waals surface area contributed by atoms with Gasteiger partial charge in [-0.05, 0) is 44.2 Å². The largest absolute Gasteiger partial charge is 0.453 e. The van der Waals surface area contributed by atoms with Crippen LogP contribution in [0.5, 0.6) is 11.5 Å². The number of ether oxygens (including phenoxy) is 1. The molecule has 2 N–H and O–H groups in total. The van der Waals surface area contributed by atoms with Crippen LogP contribution in [-0.4, -0.2) is 6.04 Å². The minimum Gasteiger partial charge on any atom is -0.453 e. The van der Waals surface area contributed by atoms with E-state index in [1.54, 1.807) is 0 Å². The molecule has 1 aliphatic rings. The number of nitrogens with two attached hydrogens (primary N) is 1. The highest BCUT2D eigenvalue weighted by molar-refractivity contribution is 5.80. The second-order valence-electron chi connectivity index (χ2n) is 4.76. The van der Waals surface area contributed by atoms with E-state index in [0.717, 1.165) is 28.6 Å². The van der Waals surface area contributed by atoms with Gasteiger partial charge in [0.2, 0.25) is 0 Å². The van der Waals surface area contributed by atoms with Crippen molar-refractivity contribution in [3.63, 3.8) is 0 Å². The summed E-state index contributed by atoms with van der Waals surface area (Å²) in [5.41, 5.74) is 8.75. The van der Waals surface area contributed by atoms with E-state index in [2.05, 4.69) is 24.8 Å². The Hall–Kier alpha value is -2.16. The first-order chi connectivity index (χ1) is 8.66. The van der Waals surface area contributed by atoms with Gasteiger partial charge in [0.15, 0.2) is 11.5 Å². The molecule has 1 heterocycles. The van der Waals surface area contributed by atoms with Crippen molar-refractivity contribution in [1.29, 1.82) is 0 Å². The van der Waals surface area contributed by atoms with Crippen molar-refractivity contribution < 1.29 is 4.74 Å². The zero-order chi connectivity index (χ0) is 12.7. The van der Waals surface area contributed by atoms with Gasteiger partial charge < -0.3 is 15.4 Å². The van der Waals surface area contributed by atoms with Crippen LogP contribution >= 0.6 is 0 Å². The molecule has 0 atom stereocenters. The molecule has 3 heteroatoms. The number of para-hydroxylation sites is 2. The van der Waals surface area contributed by atoms with Gasteiger partial charge in [-0.1, -0.05) is 12.1 Å². The molecule has 3 nitrogen and oxygen atoms in total. The number of rotatable bonds is 1. The molecule has 0 radical (unpaired) electrons. The summed E-state index contributed by atoms with van der Waals surface area (Å²) in [6, 6.07) is 14.2. The van der Waals surface area contributed by atoms with Gasteiger partial charge in [-0.25, -0.2) is 0 Å². The first-order valence-corrected chi connectivity index (χ1v) is 6.12. The topological polar surface area (TPSA) is 38.5 Å². The van der Waals surface area contributed by atoms with Crippen molar-refractivity contribution in [2.24, 2.45) is 0 Å². The molecule has 2 aromatic carbocycles. The monoisotopic (exact) mass is 240 g/mol. The van der Waals surface area contributed by atoms with Crippen LogP contribution in [0.25, 0.3) is 0 Å². The molecular weight excluding hydrogens is 224 g/mol. The lowest BCUT2D eigenvalue weighted by Gasteiger charge is -2.35. The van der Waals surface area contributed by atoms with Crippen molar-refractivity contribution >= 4 is 17.1 Å². The summed E-state index contributed by atoms with van der Waals surface area (Å²) in [4.78, 5) is 2.25. The molecule has 3 rings (SSSR count). The first kappa shape index (κ1) is 11.0. The summed E-state index contributed by atoms with van der Waals surface area (Å²) in [5.74, 6) is 1.75. The van der Waals surface area contributed by atoms with Crippen molar-refractivity contribution in [3.8, 4) is 11.5 Å². The number of hydrogen-bond acceptors (Lipinski definition) is 3. The van der Waals surface area contributed by atoms with Crippen LogP contribution < -0.4 is 15.4 Å². The van der Waals surface area contributed by atoms with Crippen LogP contribution in [0.3, 0.4) is 0 Å². The second kappa shape index (κ2) is 3.95. The van der Waals surface area contributed by atoms with Crippen LogP contribution in [0.2, 0.25) is 0 Å². The molecule has 0 bridgehead atoms. The Labute approximate surface area is 107 Å². The third-order valence-corrected chi connectivity index (χ3v) is 3.10. The van der Waals surface area contributed by atoms with Crippen molar-refractivity contribution in [1.82, 2.24) is 0 Å². The Balaban J connectivity index is 2.21. The zero-order valence-corrected chi connectivity index (χ0v) is 10.6. The molecule has 0 aromatic heterocycles. The Kier molecular flexibility index (Phi) is 2.40.